The molecule has 4 heteroatoms. The van der Waals surface area contributed by atoms with Gasteiger partial charge in [0, 0.05) is 6.04 Å². The van der Waals surface area contributed by atoms with Crippen molar-refractivity contribution in [2.24, 2.45) is 0 Å². The van der Waals surface area contributed by atoms with E-state index < -0.39 is 0 Å². The molecule has 2 N–H and O–H groups in total. The summed E-state index contributed by atoms with van der Waals surface area (Å²) >= 11 is 6.03. The van der Waals surface area contributed by atoms with Crippen LogP contribution in [0.1, 0.15) is 25.8 Å². The fourth-order valence-electron chi connectivity index (χ4n) is 1.39. The first-order valence-corrected chi connectivity index (χ1v) is 6.20. The van der Waals surface area contributed by atoms with Crippen molar-refractivity contribution in [1.82, 2.24) is 5.32 Å². The van der Waals surface area contributed by atoms with Gasteiger partial charge in [0.25, 0.3) is 0 Å². The van der Waals surface area contributed by atoms with Crippen LogP contribution >= 0.6 is 11.6 Å². The molecule has 0 spiro atoms. The first-order chi connectivity index (χ1) is 8.04. The highest BCUT2D eigenvalue weighted by Gasteiger charge is 2.08. The molecular weight excluding hydrogens is 236 g/mol. The van der Waals surface area contributed by atoms with Gasteiger partial charge in [-0.15, -0.1) is 0 Å². The Balaban J connectivity index is 2.56. The molecule has 1 aromatic rings. The van der Waals surface area contributed by atoms with E-state index in [0.29, 0.717) is 23.3 Å². The third-order valence-corrected chi connectivity index (χ3v) is 3.02. The Morgan fingerprint density at radius 1 is 1.47 bits per heavy atom. The zero-order valence-electron chi connectivity index (χ0n) is 10.5. The molecule has 0 heterocycles. The summed E-state index contributed by atoms with van der Waals surface area (Å²) in [5, 5.41) is 6.53. The third kappa shape index (κ3) is 4.36. The molecule has 0 fully saturated rings. The molecule has 1 amide bonds. The Hall–Kier alpha value is -1.06. The largest absolute Gasteiger partial charge is 0.323 e. The lowest BCUT2D eigenvalue weighted by Gasteiger charge is -2.13. The number of carbonyl (C=O) groups excluding carboxylic acids is 1. The molecule has 3 nitrogen and oxygen atoms in total. The van der Waals surface area contributed by atoms with Crippen LogP contribution in [-0.4, -0.2) is 18.5 Å². The van der Waals surface area contributed by atoms with Gasteiger partial charge in [0.15, 0.2) is 0 Å². The highest BCUT2D eigenvalue weighted by atomic mass is 35.5. The molecule has 0 saturated carbocycles. The fourth-order valence-corrected chi connectivity index (χ4v) is 1.65. The van der Waals surface area contributed by atoms with Crippen LogP contribution in [0.4, 0.5) is 5.69 Å². The molecule has 94 valence electrons. The van der Waals surface area contributed by atoms with Gasteiger partial charge in [0.05, 0.1) is 17.3 Å². The zero-order chi connectivity index (χ0) is 12.8. The molecular formula is C13H19ClN2O. The smallest absolute Gasteiger partial charge is 0.238 e. The molecule has 0 bridgehead atoms. The Bertz CT molecular complexity index is 373. The van der Waals surface area contributed by atoms with Crippen molar-refractivity contribution in [1.29, 1.82) is 0 Å². The zero-order valence-corrected chi connectivity index (χ0v) is 11.3. The van der Waals surface area contributed by atoms with E-state index in [-0.39, 0.29) is 5.91 Å². The molecule has 0 radical (unpaired) electrons. The van der Waals surface area contributed by atoms with Gasteiger partial charge in [-0.25, -0.2) is 0 Å². The highest BCUT2D eigenvalue weighted by molar-refractivity contribution is 6.33. The normalized spacial score (nSPS) is 12.2. The van der Waals surface area contributed by atoms with E-state index in [9.17, 15) is 4.79 Å². The molecule has 1 atom stereocenters. The third-order valence-electron chi connectivity index (χ3n) is 2.71. The predicted octanol–water partition coefficient (Wildman–Crippen LogP) is 2.98. The summed E-state index contributed by atoms with van der Waals surface area (Å²) < 4.78 is 0. The molecule has 1 rings (SSSR count). The molecule has 0 unspecified atom stereocenters. The summed E-state index contributed by atoms with van der Waals surface area (Å²) in [6.07, 6.45) is 0.998. The summed E-state index contributed by atoms with van der Waals surface area (Å²) in [5.74, 6) is -0.0681. The number of para-hydroxylation sites is 1. The van der Waals surface area contributed by atoms with Gasteiger partial charge in [-0.05, 0) is 31.9 Å². The van der Waals surface area contributed by atoms with Crippen molar-refractivity contribution < 1.29 is 4.79 Å². The van der Waals surface area contributed by atoms with Crippen LogP contribution < -0.4 is 10.6 Å². The minimum absolute atomic E-state index is 0.0681. The van der Waals surface area contributed by atoms with Crippen LogP contribution in [0.25, 0.3) is 0 Å². The molecule has 1 aromatic carbocycles. The molecule has 0 aromatic heterocycles. The van der Waals surface area contributed by atoms with Crippen LogP contribution in [0.2, 0.25) is 5.02 Å². The van der Waals surface area contributed by atoms with Crippen molar-refractivity contribution in [2.75, 3.05) is 11.9 Å². The van der Waals surface area contributed by atoms with Crippen LogP contribution in [-0.2, 0) is 4.79 Å². The van der Waals surface area contributed by atoms with Crippen molar-refractivity contribution in [3.8, 4) is 0 Å². The maximum Gasteiger partial charge on any atom is 0.238 e. The summed E-state index contributed by atoms with van der Waals surface area (Å²) in [4.78, 5) is 11.7. The van der Waals surface area contributed by atoms with Gasteiger partial charge >= 0.3 is 0 Å². The minimum atomic E-state index is -0.0681. The Labute approximate surface area is 108 Å². The number of nitrogens with one attached hydrogen (secondary N) is 2. The van der Waals surface area contributed by atoms with Gasteiger partial charge in [-0.2, -0.15) is 0 Å². The monoisotopic (exact) mass is 254 g/mol. The second-order valence-corrected chi connectivity index (χ2v) is 4.58. The summed E-state index contributed by atoms with van der Waals surface area (Å²) in [6.45, 7) is 6.35. The number of benzene rings is 1. The van der Waals surface area contributed by atoms with Crippen molar-refractivity contribution in [3.05, 3.63) is 28.8 Å². The van der Waals surface area contributed by atoms with Gasteiger partial charge in [0.2, 0.25) is 5.91 Å². The first kappa shape index (κ1) is 14.0. The van der Waals surface area contributed by atoms with Crippen molar-refractivity contribution in [3.63, 3.8) is 0 Å². The average Bonchev–Trinajstić information content (AvgIpc) is 2.31. The number of aryl methyl sites for hydroxylation is 1. The van der Waals surface area contributed by atoms with E-state index in [1.54, 1.807) is 6.07 Å². The predicted molar refractivity (Wildman–Crippen MR) is 72.6 cm³/mol. The number of amides is 1. The summed E-state index contributed by atoms with van der Waals surface area (Å²) in [5.41, 5.74) is 1.67. The summed E-state index contributed by atoms with van der Waals surface area (Å²) in [6, 6.07) is 5.90. The van der Waals surface area contributed by atoms with Gasteiger partial charge in [-0.3, -0.25) is 4.79 Å². The molecule has 0 aliphatic heterocycles. The Morgan fingerprint density at radius 2 is 2.18 bits per heavy atom. The number of halogens is 1. The molecule has 17 heavy (non-hydrogen) atoms. The van der Waals surface area contributed by atoms with E-state index in [2.05, 4.69) is 17.6 Å². The Morgan fingerprint density at radius 3 is 2.76 bits per heavy atom. The van der Waals surface area contributed by atoms with E-state index in [4.69, 9.17) is 11.6 Å². The Kier molecular flexibility index (Phi) is 5.45. The molecule has 0 saturated heterocycles. The van der Waals surface area contributed by atoms with E-state index in [1.807, 2.05) is 26.0 Å². The number of carbonyl (C=O) groups is 1. The fraction of sp³-hybridized carbons (Fsp3) is 0.462. The van der Waals surface area contributed by atoms with Crippen LogP contribution in [0, 0.1) is 6.92 Å². The first-order valence-electron chi connectivity index (χ1n) is 5.83. The summed E-state index contributed by atoms with van der Waals surface area (Å²) in [7, 11) is 0. The highest BCUT2D eigenvalue weighted by Crippen LogP contribution is 2.24. The van der Waals surface area contributed by atoms with Crippen molar-refractivity contribution >= 4 is 23.2 Å². The van der Waals surface area contributed by atoms with Crippen LogP contribution in [0.5, 0.6) is 0 Å². The lowest BCUT2D eigenvalue weighted by Crippen LogP contribution is -2.34. The van der Waals surface area contributed by atoms with Crippen molar-refractivity contribution in [2.45, 2.75) is 33.2 Å². The van der Waals surface area contributed by atoms with E-state index in [1.165, 1.54) is 0 Å². The SMILES string of the molecule is CC[C@H](C)NCC(=O)Nc1c(C)cccc1Cl. The second-order valence-electron chi connectivity index (χ2n) is 4.17. The second kappa shape index (κ2) is 6.62. The van der Waals surface area contributed by atoms with Crippen LogP contribution in [0.3, 0.4) is 0 Å². The number of anilines is 1. The molecule has 0 aliphatic rings. The minimum Gasteiger partial charge on any atom is -0.323 e. The maximum absolute atomic E-state index is 11.7. The van der Waals surface area contributed by atoms with Gasteiger partial charge in [-0.1, -0.05) is 30.7 Å². The quantitative estimate of drug-likeness (QED) is 0.848. The lowest BCUT2D eigenvalue weighted by molar-refractivity contribution is -0.115. The topological polar surface area (TPSA) is 41.1 Å². The lowest BCUT2D eigenvalue weighted by atomic mass is 10.2. The average molecular weight is 255 g/mol. The van der Waals surface area contributed by atoms with E-state index in [0.717, 1.165) is 12.0 Å². The van der Waals surface area contributed by atoms with Gasteiger partial charge in [0.1, 0.15) is 0 Å². The molecule has 0 aliphatic carbocycles. The number of rotatable bonds is 5. The maximum atomic E-state index is 11.7. The van der Waals surface area contributed by atoms with Crippen LogP contribution in [0.15, 0.2) is 18.2 Å². The standard InChI is InChI=1S/C13H19ClN2O/c1-4-10(3)15-8-12(17)16-13-9(2)6-5-7-11(13)14/h5-7,10,15H,4,8H2,1-3H3,(H,16,17)/t10-/m0/s1. The van der Waals surface area contributed by atoms with E-state index >= 15 is 0 Å². The number of hydrogen-bond donors (Lipinski definition) is 2. The number of hydrogen-bond acceptors (Lipinski definition) is 2. The van der Waals surface area contributed by atoms with Gasteiger partial charge < -0.3 is 10.6 Å².